The van der Waals surface area contributed by atoms with Crippen molar-refractivity contribution in [3.05, 3.63) is 34.9 Å². The molecule has 4 nitrogen and oxygen atoms in total. The van der Waals surface area contributed by atoms with E-state index in [-0.39, 0.29) is 5.91 Å². The zero-order chi connectivity index (χ0) is 11.8. The summed E-state index contributed by atoms with van der Waals surface area (Å²) in [5.41, 5.74) is 5.90. The van der Waals surface area contributed by atoms with Crippen LogP contribution in [0.3, 0.4) is 0 Å². The van der Waals surface area contributed by atoms with Gasteiger partial charge in [-0.1, -0.05) is 12.1 Å². The van der Waals surface area contributed by atoms with Crippen LogP contribution in [0.1, 0.15) is 34.3 Å². The minimum absolute atomic E-state index is 0.196. The molecule has 0 atom stereocenters. The third-order valence-corrected chi connectivity index (χ3v) is 3.41. The lowest BCUT2D eigenvalue weighted by atomic mass is 10.1. The molecule has 1 fully saturated rings. The number of nitrogens with one attached hydrogen (secondary N) is 1. The Hall–Kier alpha value is -1.39. The van der Waals surface area contributed by atoms with Crippen LogP contribution in [0.15, 0.2) is 18.2 Å². The SMILES string of the molecule is CONCc1ccc2c(c1)C(=O)N(C1CC1)C2. The number of benzene rings is 1. The number of amides is 1. The zero-order valence-corrected chi connectivity index (χ0v) is 9.90. The van der Waals surface area contributed by atoms with Crippen LogP contribution in [0, 0.1) is 0 Å². The molecule has 90 valence electrons. The van der Waals surface area contributed by atoms with E-state index < -0.39 is 0 Å². The van der Waals surface area contributed by atoms with Crippen molar-refractivity contribution in [2.75, 3.05) is 7.11 Å². The maximum absolute atomic E-state index is 12.2. The van der Waals surface area contributed by atoms with E-state index in [0.29, 0.717) is 12.6 Å². The molecule has 0 spiro atoms. The number of fused-ring (bicyclic) bond motifs is 1. The molecule has 1 N–H and O–H groups in total. The molecule has 3 rings (SSSR count). The first-order valence-electron chi connectivity index (χ1n) is 5.98. The van der Waals surface area contributed by atoms with Crippen LogP contribution < -0.4 is 5.48 Å². The second kappa shape index (κ2) is 4.13. The van der Waals surface area contributed by atoms with Crippen LogP contribution in [-0.2, 0) is 17.9 Å². The Kier molecular flexibility index (Phi) is 2.61. The Balaban J connectivity index is 1.82. The van der Waals surface area contributed by atoms with Crippen LogP contribution >= 0.6 is 0 Å². The fourth-order valence-electron chi connectivity index (χ4n) is 2.32. The van der Waals surface area contributed by atoms with Gasteiger partial charge in [0.2, 0.25) is 0 Å². The molecule has 1 heterocycles. The monoisotopic (exact) mass is 232 g/mol. The standard InChI is InChI=1S/C13H16N2O2/c1-17-14-7-9-2-3-10-8-15(11-4-5-11)13(16)12(10)6-9/h2-3,6,11,14H,4-5,7-8H2,1H3. The maximum Gasteiger partial charge on any atom is 0.254 e. The molecule has 0 unspecified atom stereocenters. The molecule has 0 bridgehead atoms. The molecule has 0 saturated heterocycles. The minimum Gasteiger partial charge on any atom is -0.331 e. The van der Waals surface area contributed by atoms with Gasteiger partial charge in [0.25, 0.3) is 5.91 Å². The first kappa shape index (κ1) is 10.7. The highest BCUT2D eigenvalue weighted by Gasteiger charge is 2.38. The molecule has 2 aliphatic rings. The quantitative estimate of drug-likeness (QED) is 0.799. The molecule has 4 heteroatoms. The molecule has 17 heavy (non-hydrogen) atoms. The third-order valence-electron chi connectivity index (χ3n) is 3.41. The van der Waals surface area contributed by atoms with E-state index in [0.717, 1.165) is 36.1 Å². The van der Waals surface area contributed by atoms with Gasteiger partial charge in [0.1, 0.15) is 0 Å². The van der Waals surface area contributed by atoms with Crippen LogP contribution in [0.25, 0.3) is 0 Å². The topological polar surface area (TPSA) is 41.6 Å². The van der Waals surface area contributed by atoms with Crippen molar-refractivity contribution >= 4 is 5.91 Å². The van der Waals surface area contributed by atoms with E-state index in [1.165, 1.54) is 0 Å². The van der Waals surface area contributed by atoms with Crippen molar-refractivity contribution in [3.63, 3.8) is 0 Å². The number of rotatable bonds is 4. The van der Waals surface area contributed by atoms with Crippen LogP contribution in [-0.4, -0.2) is 24.0 Å². The summed E-state index contributed by atoms with van der Waals surface area (Å²) in [6, 6.07) is 6.58. The molecule has 0 radical (unpaired) electrons. The van der Waals surface area contributed by atoms with Gasteiger partial charge >= 0.3 is 0 Å². The van der Waals surface area contributed by atoms with Crippen molar-refractivity contribution < 1.29 is 9.63 Å². The van der Waals surface area contributed by atoms with Crippen molar-refractivity contribution in [1.82, 2.24) is 10.4 Å². The molecule has 1 aliphatic heterocycles. The van der Waals surface area contributed by atoms with Gasteiger partial charge in [0, 0.05) is 24.7 Å². The van der Waals surface area contributed by atoms with Gasteiger partial charge in [-0.3, -0.25) is 4.79 Å². The maximum atomic E-state index is 12.2. The molecule has 0 aromatic heterocycles. The van der Waals surface area contributed by atoms with Gasteiger partial charge in [0.05, 0.1) is 7.11 Å². The highest BCUT2D eigenvalue weighted by atomic mass is 16.6. The average molecular weight is 232 g/mol. The lowest BCUT2D eigenvalue weighted by molar-refractivity contribution is 0.0765. The highest BCUT2D eigenvalue weighted by molar-refractivity contribution is 5.98. The van der Waals surface area contributed by atoms with Crippen molar-refractivity contribution in [1.29, 1.82) is 0 Å². The van der Waals surface area contributed by atoms with E-state index in [1.54, 1.807) is 7.11 Å². The highest BCUT2D eigenvalue weighted by Crippen LogP contribution is 2.34. The van der Waals surface area contributed by atoms with E-state index in [1.807, 2.05) is 11.0 Å². The Bertz CT molecular complexity index is 455. The fraction of sp³-hybridized carbons (Fsp3) is 0.462. The summed E-state index contributed by atoms with van der Waals surface area (Å²) in [5.74, 6) is 0.196. The first-order chi connectivity index (χ1) is 8.29. The molecule has 1 saturated carbocycles. The summed E-state index contributed by atoms with van der Waals surface area (Å²) >= 11 is 0. The second-order valence-corrected chi connectivity index (χ2v) is 4.68. The van der Waals surface area contributed by atoms with Crippen molar-refractivity contribution in [2.45, 2.75) is 32.0 Å². The van der Waals surface area contributed by atoms with Crippen LogP contribution in [0.4, 0.5) is 0 Å². The molecule has 1 aliphatic carbocycles. The second-order valence-electron chi connectivity index (χ2n) is 4.68. The van der Waals surface area contributed by atoms with E-state index >= 15 is 0 Å². The van der Waals surface area contributed by atoms with Gasteiger partial charge in [-0.15, -0.1) is 0 Å². The van der Waals surface area contributed by atoms with E-state index in [2.05, 4.69) is 17.6 Å². The number of hydroxylamine groups is 1. The van der Waals surface area contributed by atoms with Gasteiger partial charge in [-0.25, -0.2) is 0 Å². The van der Waals surface area contributed by atoms with Crippen molar-refractivity contribution in [3.8, 4) is 0 Å². The van der Waals surface area contributed by atoms with Crippen LogP contribution in [0.5, 0.6) is 0 Å². The summed E-state index contributed by atoms with van der Waals surface area (Å²) < 4.78 is 0. The molecule has 1 aromatic carbocycles. The molecular weight excluding hydrogens is 216 g/mol. The predicted octanol–water partition coefficient (Wildman–Crippen LogP) is 1.46. The smallest absolute Gasteiger partial charge is 0.254 e. The molecule has 1 aromatic rings. The number of carbonyl (C=O) groups excluding carboxylic acids is 1. The van der Waals surface area contributed by atoms with Gasteiger partial charge < -0.3 is 9.74 Å². The molecular formula is C13H16N2O2. The summed E-state index contributed by atoms with van der Waals surface area (Å²) in [5, 5.41) is 0. The summed E-state index contributed by atoms with van der Waals surface area (Å²) in [6.07, 6.45) is 2.33. The molecule has 1 amide bonds. The predicted molar refractivity (Wildman–Crippen MR) is 63.2 cm³/mol. The fourth-order valence-corrected chi connectivity index (χ4v) is 2.32. The van der Waals surface area contributed by atoms with E-state index in [9.17, 15) is 4.79 Å². The van der Waals surface area contributed by atoms with Gasteiger partial charge in [-0.05, 0) is 30.0 Å². The Labute approximate surface area is 101 Å². The Morgan fingerprint density at radius 1 is 1.47 bits per heavy atom. The number of nitrogens with zero attached hydrogens (tertiary/aromatic N) is 1. The average Bonchev–Trinajstić information content (AvgIpc) is 3.13. The Morgan fingerprint density at radius 3 is 3.00 bits per heavy atom. The van der Waals surface area contributed by atoms with Gasteiger partial charge in [-0.2, -0.15) is 5.48 Å². The summed E-state index contributed by atoms with van der Waals surface area (Å²) in [4.78, 5) is 19.0. The minimum atomic E-state index is 0.196. The normalized spacial score (nSPS) is 18.6. The Morgan fingerprint density at radius 2 is 2.29 bits per heavy atom. The van der Waals surface area contributed by atoms with Crippen molar-refractivity contribution in [2.24, 2.45) is 0 Å². The number of hydrogen-bond acceptors (Lipinski definition) is 3. The number of hydrogen-bond donors (Lipinski definition) is 1. The summed E-state index contributed by atoms with van der Waals surface area (Å²) in [7, 11) is 1.59. The van der Waals surface area contributed by atoms with E-state index in [4.69, 9.17) is 4.84 Å². The third kappa shape index (κ3) is 1.94. The lowest BCUT2D eigenvalue weighted by Gasteiger charge is -2.13. The largest absolute Gasteiger partial charge is 0.331 e. The van der Waals surface area contributed by atoms with Crippen LogP contribution in [0.2, 0.25) is 0 Å². The number of carbonyl (C=O) groups is 1. The summed E-state index contributed by atoms with van der Waals surface area (Å²) in [6.45, 7) is 1.41. The lowest BCUT2D eigenvalue weighted by Crippen LogP contribution is -2.25. The first-order valence-corrected chi connectivity index (χ1v) is 5.98. The zero-order valence-electron chi connectivity index (χ0n) is 9.90. The van der Waals surface area contributed by atoms with Gasteiger partial charge in [0.15, 0.2) is 0 Å².